The predicted molar refractivity (Wildman–Crippen MR) is 101 cm³/mol. The van der Waals surface area contributed by atoms with Gasteiger partial charge in [0.2, 0.25) is 0 Å². The fourth-order valence-electron chi connectivity index (χ4n) is 2.23. The number of aromatic hydroxyl groups is 1. The van der Waals surface area contributed by atoms with Gasteiger partial charge in [-0.25, -0.2) is 10.3 Å². The quantitative estimate of drug-likeness (QED) is 0.172. The molecule has 0 atom stereocenters. The minimum Gasteiger partial charge on any atom is -0.503 e. The van der Waals surface area contributed by atoms with Gasteiger partial charge < -0.3 is 20.5 Å². The second kappa shape index (κ2) is 8.59. The minimum atomic E-state index is -0.380. The lowest BCUT2D eigenvalue weighted by Gasteiger charge is -2.13. The van der Waals surface area contributed by atoms with Crippen molar-refractivity contribution < 1.29 is 24.9 Å². The van der Waals surface area contributed by atoms with E-state index in [1.807, 2.05) is 18.2 Å². The SMILES string of the molecule is C=C(Nc1ccccc1)/C(Nc1cccc(C(=O)N(C)C)c1O)=[N+](/O)ON. The van der Waals surface area contributed by atoms with Crippen LogP contribution in [0, 0.1) is 0 Å². The number of para-hydroxylation sites is 2. The molecule has 142 valence electrons. The number of amidine groups is 1. The Morgan fingerprint density at radius 3 is 2.41 bits per heavy atom. The molecule has 0 aromatic heterocycles. The molecule has 0 radical (unpaired) electrons. The second-order valence-corrected chi connectivity index (χ2v) is 5.72. The fraction of sp³-hybridized carbons (Fsp3) is 0.111. The van der Waals surface area contributed by atoms with Crippen LogP contribution in [-0.4, -0.2) is 46.0 Å². The van der Waals surface area contributed by atoms with E-state index in [9.17, 15) is 15.1 Å². The molecule has 0 saturated carbocycles. The first-order valence-electron chi connectivity index (χ1n) is 7.90. The Kier molecular flexibility index (Phi) is 6.23. The van der Waals surface area contributed by atoms with Gasteiger partial charge in [0.1, 0.15) is 10.6 Å². The summed E-state index contributed by atoms with van der Waals surface area (Å²) < 4.78 is 0. The first kappa shape index (κ1) is 19.6. The van der Waals surface area contributed by atoms with Crippen molar-refractivity contribution in [1.82, 2.24) is 4.90 Å². The highest BCUT2D eigenvalue weighted by atomic mass is 16.9. The average Bonchev–Trinajstić information content (AvgIpc) is 2.66. The van der Waals surface area contributed by atoms with Crippen LogP contribution in [0.25, 0.3) is 0 Å². The van der Waals surface area contributed by atoms with E-state index in [2.05, 4.69) is 22.2 Å². The molecule has 0 aliphatic rings. The molecule has 0 unspecified atom stereocenters. The number of rotatable bonds is 6. The van der Waals surface area contributed by atoms with Crippen LogP contribution in [-0.2, 0) is 4.94 Å². The molecular formula is C18H22N5O4+. The summed E-state index contributed by atoms with van der Waals surface area (Å²) in [4.78, 5) is 18.1. The fourth-order valence-corrected chi connectivity index (χ4v) is 2.23. The number of carbonyl (C=O) groups is 1. The zero-order valence-corrected chi connectivity index (χ0v) is 15.0. The van der Waals surface area contributed by atoms with Crippen molar-refractivity contribution in [3.8, 4) is 5.75 Å². The van der Waals surface area contributed by atoms with Crippen LogP contribution in [0.4, 0.5) is 11.4 Å². The number of phenols is 1. The van der Waals surface area contributed by atoms with E-state index < -0.39 is 0 Å². The van der Waals surface area contributed by atoms with E-state index in [4.69, 9.17) is 5.90 Å². The molecule has 9 heteroatoms. The van der Waals surface area contributed by atoms with Gasteiger partial charge in [-0.1, -0.05) is 30.8 Å². The molecule has 0 spiro atoms. The zero-order valence-electron chi connectivity index (χ0n) is 15.0. The maximum absolute atomic E-state index is 12.2. The maximum Gasteiger partial charge on any atom is 0.386 e. The molecule has 0 aliphatic heterocycles. The minimum absolute atomic E-state index is 0.0872. The molecule has 0 bridgehead atoms. The van der Waals surface area contributed by atoms with Crippen LogP contribution < -0.4 is 16.5 Å². The molecule has 9 nitrogen and oxygen atoms in total. The Balaban J connectivity index is 2.34. The average molecular weight is 372 g/mol. The normalized spacial score (nSPS) is 11.2. The number of amides is 1. The summed E-state index contributed by atoms with van der Waals surface area (Å²) in [6, 6.07) is 13.7. The third-order valence-electron chi connectivity index (χ3n) is 3.57. The summed E-state index contributed by atoms with van der Waals surface area (Å²) >= 11 is 0. The van der Waals surface area contributed by atoms with Crippen molar-refractivity contribution in [3.05, 3.63) is 66.4 Å². The summed E-state index contributed by atoms with van der Waals surface area (Å²) in [5, 5.41) is 26.1. The van der Waals surface area contributed by atoms with Gasteiger partial charge in [-0.15, -0.1) is 5.90 Å². The van der Waals surface area contributed by atoms with Gasteiger partial charge in [-0.3, -0.25) is 4.79 Å². The first-order chi connectivity index (χ1) is 12.8. The number of hydrogen-bond donors (Lipinski definition) is 5. The third kappa shape index (κ3) is 4.67. The summed E-state index contributed by atoms with van der Waals surface area (Å²) in [5.74, 6) is 4.27. The van der Waals surface area contributed by atoms with Crippen LogP contribution >= 0.6 is 0 Å². The third-order valence-corrected chi connectivity index (χ3v) is 3.57. The van der Waals surface area contributed by atoms with Crippen LogP contribution in [0.2, 0.25) is 0 Å². The number of benzene rings is 2. The van der Waals surface area contributed by atoms with Crippen LogP contribution in [0.5, 0.6) is 5.75 Å². The highest BCUT2D eigenvalue weighted by molar-refractivity contribution is 6.08. The number of hydrogen-bond acceptors (Lipinski definition) is 6. The Hall–Kier alpha value is -3.72. The molecule has 6 N–H and O–H groups in total. The molecule has 0 saturated heterocycles. The summed E-state index contributed by atoms with van der Waals surface area (Å²) in [6.45, 7) is 3.83. The second-order valence-electron chi connectivity index (χ2n) is 5.72. The Morgan fingerprint density at radius 1 is 1.15 bits per heavy atom. The van der Waals surface area contributed by atoms with E-state index >= 15 is 0 Å². The molecule has 1 amide bonds. The van der Waals surface area contributed by atoms with Gasteiger partial charge >= 0.3 is 5.84 Å². The van der Waals surface area contributed by atoms with E-state index in [1.54, 1.807) is 32.3 Å². The number of nitrogens with zero attached hydrogens (tertiary/aromatic N) is 2. The molecular weight excluding hydrogens is 350 g/mol. The molecule has 0 heterocycles. The number of phenolic OH excluding ortho intramolecular Hbond substituents is 1. The summed E-state index contributed by atoms with van der Waals surface area (Å²) in [7, 11) is 3.14. The van der Waals surface area contributed by atoms with Gasteiger partial charge in [0.25, 0.3) is 5.91 Å². The smallest absolute Gasteiger partial charge is 0.386 e. The van der Waals surface area contributed by atoms with E-state index in [1.165, 1.54) is 17.0 Å². The molecule has 2 rings (SSSR count). The van der Waals surface area contributed by atoms with Gasteiger partial charge in [0.05, 0.1) is 5.56 Å². The van der Waals surface area contributed by atoms with Crippen molar-refractivity contribution in [3.63, 3.8) is 0 Å². The van der Waals surface area contributed by atoms with Crippen LogP contribution in [0.15, 0.2) is 60.8 Å². The van der Waals surface area contributed by atoms with E-state index in [0.717, 1.165) is 0 Å². The molecule has 0 fully saturated rings. The molecule has 2 aromatic carbocycles. The van der Waals surface area contributed by atoms with Crippen molar-refractivity contribution in [1.29, 1.82) is 0 Å². The first-order valence-corrected chi connectivity index (χ1v) is 7.90. The Morgan fingerprint density at radius 2 is 1.81 bits per heavy atom. The van der Waals surface area contributed by atoms with Gasteiger partial charge in [-0.2, -0.15) is 0 Å². The summed E-state index contributed by atoms with van der Waals surface area (Å²) in [6.07, 6.45) is 0. The van der Waals surface area contributed by atoms with Gasteiger partial charge in [0.15, 0.2) is 11.4 Å². The lowest BCUT2D eigenvalue weighted by atomic mass is 10.1. The zero-order chi connectivity index (χ0) is 20.0. The number of nitrogens with two attached hydrogens (primary N) is 1. The number of nitrogens with one attached hydrogen (secondary N) is 2. The number of anilines is 2. The van der Waals surface area contributed by atoms with Crippen molar-refractivity contribution in [2.45, 2.75) is 0 Å². The van der Waals surface area contributed by atoms with Crippen molar-refractivity contribution in [2.75, 3.05) is 24.7 Å². The Labute approximate surface area is 156 Å². The van der Waals surface area contributed by atoms with E-state index in [-0.39, 0.29) is 39.3 Å². The highest BCUT2D eigenvalue weighted by Gasteiger charge is 2.25. The van der Waals surface area contributed by atoms with E-state index in [0.29, 0.717) is 5.69 Å². The molecule has 2 aromatic rings. The number of carbonyl (C=O) groups excluding carboxylic acids is 1. The summed E-state index contributed by atoms with van der Waals surface area (Å²) in [5.41, 5.74) is 1.12. The highest BCUT2D eigenvalue weighted by Crippen LogP contribution is 2.28. The Bertz CT molecular complexity index is 865. The molecule has 27 heavy (non-hydrogen) atoms. The van der Waals surface area contributed by atoms with Crippen LogP contribution in [0.3, 0.4) is 0 Å². The lowest BCUT2D eigenvalue weighted by molar-refractivity contribution is -0.964. The maximum atomic E-state index is 12.2. The standard InChI is InChI=1S/C18H21N5O4/c1-12(20-13-8-5-4-6-9-13)17(23(26)27-19)21-15-11-7-10-14(16(15)24)18(25)22(2)3/h4-11,20,26H,1,19H2,2-3H3,(H,24,25)/p+1. The van der Waals surface area contributed by atoms with Crippen LogP contribution in [0.1, 0.15) is 10.4 Å². The molecule has 0 aliphatic carbocycles. The largest absolute Gasteiger partial charge is 0.503 e. The lowest BCUT2D eigenvalue weighted by Crippen LogP contribution is -2.32. The van der Waals surface area contributed by atoms with Crippen molar-refractivity contribution >= 4 is 23.1 Å². The topological polar surface area (TPSA) is 123 Å². The monoisotopic (exact) mass is 372 g/mol. The predicted octanol–water partition coefficient (Wildman–Crippen LogP) is 1.74. The van der Waals surface area contributed by atoms with Crippen molar-refractivity contribution in [2.24, 2.45) is 5.90 Å². The van der Waals surface area contributed by atoms with Gasteiger partial charge in [0, 0.05) is 19.8 Å². The van der Waals surface area contributed by atoms with Gasteiger partial charge in [-0.05, 0) is 24.3 Å².